The molecule has 3 aromatic carbocycles. The number of hydrogen-bond acceptors (Lipinski definition) is 5. The third-order valence-corrected chi connectivity index (χ3v) is 4.94. The van der Waals surface area contributed by atoms with Crippen molar-refractivity contribution in [1.82, 2.24) is 5.43 Å². The highest BCUT2D eigenvalue weighted by molar-refractivity contribution is 9.10. The summed E-state index contributed by atoms with van der Waals surface area (Å²) in [6.07, 6.45) is 1.58. The predicted octanol–water partition coefficient (Wildman–Crippen LogP) is 4.99. The summed E-state index contributed by atoms with van der Waals surface area (Å²) in [5.74, 6) is 1.19. The average molecular weight is 482 g/mol. The maximum atomic E-state index is 12.3. The number of anilines is 1. The van der Waals surface area contributed by atoms with Crippen molar-refractivity contribution < 1.29 is 14.3 Å². The van der Waals surface area contributed by atoms with Gasteiger partial charge in [-0.1, -0.05) is 40.2 Å². The normalized spacial score (nSPS) is 11.7. The minimum Gasteiger partial charge on any atom is -0.497 e. The van der Waals surface area contributed by atoms with Gasteiger partial charge in [0.05, 0.1) is 13.3 Å². The summed E-state index contributed by atoms with van der Waals surface area (Å²) in [7, 11) is 1.61. The highest BCUT2D eigenvalue weighted by Gasteiger charge is 2.11. The molecular weight excluding hydrogens is 458 g/mol. The SMILES string of the molecule is COc1ccc(N[C@H](C)C(=O)NN=Cc2ccccc2OCc2cccc(Br)c2)cc1. The Morgan fingerprint density at radius 2 is 1.87 bits per heavy atom. The Labute approximate surface area is 190 Å². The highest BCUT2D eigenvalue weighted by atomic mass is 79.9. The molecule has 0 aliphatic carbocycles. The van der Waals surface area contributed by atoms with Crippen LogP contribution in [-0.4, -0.2) is 25.3 Å². The third-order valence-electron chi connectivity index (χ3n) is 4.45. The van der Waals surface area contributed by atoms with Gasteiger partial charge in [0.2, 0.25) is 0 Å². The maximum absolute atomic E-state index is 12.3. The Morgan fingerprint density at radius 1 is 1.10 bits per heavy atom. The third kappa shape index (κ3) is 6.86. The lowest BCUT2D eigenvalue weighted by atomic mass is 10.2. The molecule has 1 amide bonds. The van der Waals surface area contributed by atoms with Crippen molar-refractivity contribution in [3.63, 3.8) is 0 Å². The number of halogens is 1. The number of rotatable bonds is 9. The van der Waals surface area contributed by atoms with Crippen molar-refractivity contribution in [2.24, 2.45) is 5.10 Å². The van der Waals surface area contributed by atoms with Crippen molar-refractivity contribution in [2.45, 2.75) is 19.6 Å². The number of amides is 1. The molecule has 0 bridgehead atoms. The van der Waals surface area contributed by atoms with Crippen LogP contribution in [-0.2, 0) is 11.4 Å². The first-order valence-corrected chi connectivity index (χ1v) is 10.5. The first kappa shape index (κ1) is 22.4. The Morgan fingerprint density at radius 3 is 2.61 bits per heavy atom. The number of methoxy groups -OCH3 is 1. The van der Waals surface area contributed by atoms with Crippen LogP contribution in [0.2, 0.25) is 0 Å². The van der Waals surface area contributed by atoms with Crippen molar-refractivity contribution in [2.75, 3.05) is 12.4 Å². The van der Waals surface area contributed by atoms with Gasteiger partial charge in [0.15, 0.2) is 0 Å². The van der Waals surface area contributed by atoms with E-state index in [1.807, 2.05) is 72.8 Å². The first-order valence-electron chi connectivity index (χ1n) is 9.75. The molecule has 0 fully saturated rings. The number of hydrazone groups is 1. The van der Waals surface area contributed by atoms with E-state index in [1.54, 1.807) is 20.2 Å². The number of ether oxygens (including phenoxy) is 2. The Hall–Kier alpha value is -3.32. The summed E-state index contributed by atoms with van der Waals surface area (Å²) >= 11 is 3.46. The van der Waals surface area contributed by atoms with Gasteiger partial charge >= 0.3 is 0 Å². The molecule has 3 rings (SSSR count). The van der Waals surface area contributed by atoms with E-state index in [-0.39, 0.29) is 5.91 Å². The molecule has 7 heteroatoms. The zero-order valence-corrected chi connectivity index (χ0v) is 18.9. The molecule has 31 heavy (non-hydrogen) atoms. The van der Waals surface area contributed by atoms with E-state index < -0.39 is 6.04 Å². The fraction of sp³-hybridized carbons (Fsp3) is 0.167. The van der Waals surface area contributed by atoms with Gasteiger partial charge in [-0.15, -0.1) is 0 Å². The molecule has 160 valence electrons. The molecule has 0 aromatic heterocycles. The molecule has 0 saturated heterocycles. The van der Waals surface area contributed by atoms with Crippen molar-refractivity contribution in [1.29, 1.82) is 0 Å². The van der Waals surface area contributed by atoms with Gasteiger partial charge in [0, 0.05) is 15.7 Å². The number of carbonyl (C=O) groups is 1. The smallest absolute Gasteiger partial charge is 0.262 e. The lowest BCUT2D eigenvalue weighted by Gasteiger charge is -2.14. The molecule has 0 radical (unpaired) electrons. The molecule has 1 atom stereocenters. The number of nitrogens with one attached hydrogen (secondary N) is 2. The zero-order valence-electron chi connectivity index (χ0n) is 17.3. The molecule has 0 aliphatic heterocycles. The molecule has 0 heterocycles. The fourth-order valence-electron chi connectivity index (χ4n) is 2.77. The second kappa shape index (κ2) is 11.2. The molecular formula is C24H24BrN3O3. The summed E-state index contributed by atoms with van der Waals surface area (Å²) in [4.78, 5) is 12.3. The minimum atomic E-state index is -0.464. The van der Waals surface area contributed by atoms with Crippen molar-refractivity contribution in [3.8, 4) is 11.5 Å². The van der Waals surface area contributed by atoms with Gasteiger partial charge < -0.3 is 14.8 Å². The number of para-hydroxylation sites is 1. The number of hydrogen-bond donors (Lipinski definition) is 2. The van der Waals surface area contributed by atoms with Crippen molar-refractivity contribution in [3.05, 3.63) is 88.4 Å². The van der Waals surface area contributed by atoms with Gasteiger partial charge in [-0.25, -0.2) is 5.43 Å². The van der Waals surface area contributed by atoms with Crippen LogP contribution in [0.1, 0.15) is 18.1 Å². The summed E-state index contributed by atoms with van der Waals surface area (Å²) in [6.45, 7) is 2.20. The van der Waals surface area contributed by atoms with Gasteiger partial charge in [0.25, 0.3) is 5.91 Å². The molecule has 3 aromatic rings. The van der Waals surface area contributed by atoms with E-state index in [2.05, 4.69) is 31.8 Å². The molecule has 0 aliphatic rings. The zero-order chi connectivity index (χ0) is 22.1. The maximum Gasteiger partial charge on any atom is 0.262 e. The van der Waals surface area contributed by atoms with E-state index >= 15 is 0 Å². The quantitative estimate of drug-likeness (QED) is 0.333. The van der Waals surface area contributed by atoms with Gasteiger partial charge in [-0.3, -0.25) is 4.79 Å². The summed E-state index contributed by atoms with van der Waals surface area (Å²) in [5.41, 5.74) is 5.20. The summed E-state index contributed by atoms with van der Waals surface area (Å²) in [6, 6.07) is 22.4. The van der Waals surface area contributed by atoms with E-state index in [9.17, 15) is 4.79 Å². The minimum absolute atomic E-state index is 0.250. The van der Waals surface area contributed by atoms with Crippen LogP contribution in [0.15, 0.2) is 82.4 Å². The lowest BCUT2D eigenvalue weighted by molar-refractivity contribution is -0.121. The largest absolute Gasteiger partial charge is 0.497 e. The Bertz CT molecular complexity index is 1040. The van der Waals surface area contributed by atoms with Crippen LogP contribution in [0.25, 0.3) is 0 Å². The van der Waals surface area contributed by atoms with Crippen LogP contribution in [0.4, 0.5) is 5.69 Å². The van der Waals surface area contributed by atoms with Crippen LogP contribution in [0.3, 0.4) is 0 Å². The predicted molar refractivity (Wildman–Crippen MR) is 127 cm³/mol. The van der Waals surface area contributed by atoms with Gasteiger partial charge in [-0.05, 0) is 61.0 Å². The van der Waals surface area contributed by atoms with E-state index in [0.717, 1.165) is 27.0 Å². The number of carbonyl (C=O) groups excluding carboxylic acids is 1. The molecule has 0 saturated carbocycles. The van der Waals surface area contributed by atoms with Crippen LogP contribution in [0.5, 0.6) is 11.5 Å². The average Bonchev–Trinajstić information content (AvgIpc) is 2.79. The van der Waals surface area contributed by atoms with Crippen LogP contribution < -0.4 is 20.2 Å². The molecule has 0 spiro atoms. The van der Waals surface area contributed by atoms with Crippen LogP contribution >= 0.6 is 15.9 Å². The standard InChI is InChI=1S/C24H24BrN3O3/c1-17(27-21-10-12-22(30-2)13-11-21)24(29)28-26-15-19-7-3-4-9-23(19)31-16-18-6-5-8-20(25)14-18/h3-15,17,27H,16H2,1-2H3,(H,28,29)/t17-/m1/s1. The second-order valence-corrected chi connectivity index (χ2v) is 7.70. The van der Waals surface area contributed by atoms with Crippen LogP contribution in [0, 0.1) is 0 Å². The lowest BCUT2D eigenvalue weighted by Crippen LogP contribution is -2.34. The fourth-order valence-corrected chi connectivity index (χ4v) is 3.22. The topological polar surface area (TPSA) is 72.0 Å². The second-order valence-electron chi connectivity index (χ2n) is 6.79. The van der Waals surface area contributed by atoms with E-state index in [1.165, 1.54) is 0 Å². The molecule has 0 unspecified atom stereocenters. The van der Waals surface area contributed by atoms with Crippen molar-refractivity contribution >= 4 is 33.7 Å². The highest BCUT2D eigenvalue weighted by Crippen LogP contribution is 2.19. The Kier molecular flexibility index (Phi) is 8.06. The molecule has 2 N–H and O–H groups in total. The number of benzene rings is 3. The Balaban J connectivity index is 1.55. The molecule has 6 nitrogen and oxygen atoms in total. The van der Waals surface area contributed by atoms with Gasteiger partial charge in [0.1, 0.15) is 24.1 Å². The monoisotopic (exact) mass is 481 g/mol. The van der Waals surface area contributed by atoms with Gasteiger partial charge in [-0.2, -0.15) is 5.10 Å². The van der Waals surface area contributed by atoms with E-state index in [4.69, 9.17) is 9.47 Å². The van der Waals surface area contributed by atoms with E-state index in [0.29, 0.717) is 12.4 Å². The first-order chi connectivity index (χ1) is 15.0. The summed E-state index contributed by atoms with van der Waals surface area (Å²) < 4.78 is 12.1. The number of nitrogens with zero attached hydrogens (tertiary/aromatic N) is 1. The summed E-state index contributed by atoms with van der Waals surface area (Å²) in [5, 5.41) is 7.22.